The molecule has 36 nitrogen and oxygen atoms in total. The van der Waals surface area contributed by atoms with Gasteiger partial charge in [0.1, 0.15) is 31.6 Å². The molecule has 0 aromatic heterocycles. The Morgan fingerprint density at radius 1 is 0.360 bits per heavy atom. The number of rotatable bonds is 42. The van der Waals surface area contributed by atoms with Gasteiger partial charge >= 0.3 is 53.2 Å². The molecule has 0 heterocycles. The van der Waals surface area contributed by atoms with Gasteiger partial charge < -0.3 is 63.5 Å². The first-order valence-corrected chi connectivity index (χ1v) is 71.5. The number of sulfone groups is 4. The number of hydrogen-bond acceptors (Lipinski definition) is 32. The molecule has 0 aliphatic carbocycles. The molecule has 4 N–H and O–H groups in total. The highest BCUT2D eigenvalue weighted by molar-refractivity contribution is 7.97. The molecule has 0 bridgehead atoms. The zero-order valence-electron chi connectivity index (χ0n) is 63.2. The SMILES string of the molecule is CCOP(=O)(CC(C)=O)OCC.CCOP(=O)(CCS(C)(=O)=O)OCC.CCOP(=O)(CS(C)(=O)=O)OCC.CCOS(=O)(=O)CP(=O)(OC[Si](C)(C)C)OC[Si](C)(C)C.C[Si](C)(C)OP(=O)(CS(C)(=O)=O)O[Si](C)(C)C.C[Si](C)(C)OP(=O)(O)CCS(C)(=O)=O.O=P(O)(O)CS(=O)(=O)O. The molecule has 0 fully saturated rings. The molecule has 1 atom stereocenters. The first-order chi connectivity index (χ1) is 43.6. The van der Waals surface area contributed by atoms with Crippen LogP contribution in [0.25, 0.3) is 0 Å². The maximum Gasteiger partial charge on any atom is 0.347 e. The van der Waals surface area contributed by atoms with Gasteiger partial charge in [-0.15, -0.1) is 0 Å². The quantitative estimate of drug-likeness (QED) is 0.0191. The maximum absolute atomic E-state index is 12.7. The Labute approximate surface area is 604 Å². The molecule has 612 valence electrons. The van der Waals surface area contributed by atoms with Crippen LogP contribution in [0.3, 0.4) is 0 Å². The van der Waals surface area contributed by atoms with E-state index in [1.807, 2.05) is 78.6 Å². The van der Waals surface area contributed by atoms with Gasteiger partial charge in [-0.3, -0.25) is 45.5 Å². The average molecular weight is 1800 g/mol. The van der Waals surface area contributed by atoms with Crippen molar-refractivity contribution in [3.63, 3.8) is 0 Å². The van der Waals surface area contributed by atoms with Crippen LogP contribution < -0.4 is 0 Å². The van der Waals surface area contributed by atoms with Crippen molar-refractivity contribution >= 4 is 160 Å². The molecule has 0 aromatic carbocycles. The van der Waals surface area contributed by atoms with E-state index in [9.17, 15) is 92.2 Å². The fourth-order valence-electron chi connectivity index (χ4n) is 5.69. The van der Waals surface area contributed by atoms with E-state index < -0.39 is 176 Å². The molecule has 0 saturated carbocycles. The van der Waals surface area contributed by atoms with Crippen LogP contribution in [0.4, 0.5) is 0 Å². The van der Waals surface area contributed by atoms with Crippen LogP contribution in [-0.4, -0.2) is 252 Å². The highest BCUT2D eigenvalue weighted by Crippen LogP contribution is 2.55. The van der Waals surface area contributed by atoms with Crippen molar-refractivity contribution in [3.05, 3.63) is 0 Å². The van der Waals surface area contributed by atoms with Crippen LogP contribution >= 0.6 is 53.2 Å². The molecule has 0 spiro atoms. The molecule has 100 heavy (non-hydrogen) atoms. The summed E-state index contributed by atoms with van der Waals surface area (Å²) in [6, 6.07) is 0. The number of Topliss-reactive ketones (excluding diaryl/α,β-unsaturated/α-hetero) is 1. The van der Waals surface area contributed by atoms with Gasteiger partial charge in [0.2, 0.25) is 0 Å². The fraction of sp³-hybridized carbons (Fsp3) is 0.978. The van der Waals surface area contributed by atoms with Gasteiger partial charge in [-0.25, -0.2) is 33.7 Å². The minimum atomic E-state index is -4.63. The lowest BCUT2D eigenvalue weighted by atomic mass is 10.5. The van der Waals surface area contributed by atoms with Crippen LogP contribution in [0.1, 0.15) is 55.4 Å². The molecule has 0 aromatic rings. The highest BCUT2D eigenvalue weighted by Gasteiger charge is 2.40. The topological polar surface area (TPSA) is 533 Å². The van der Waals surface area contributed by atoms with E-state index in [1.54, 1.807) is 68.1 Å². The minimum Gasteiger partial charge on any atom is -0.351 e. The van der Waals surface area contributed by atoms with Crippen LogP contribution in [-0.2, 0) is 149 Å². The summed E-state index contributed by atoms with van der Waals surface area (Å²) in [5.74, 6) is -0.671. The van der Waals surface area contributed by atoms with Gasteiger partial charge in [0.05, 0.1) is 86.2 Å². The van der Waals surface area contributed by atoms with Gasteiger partial charge in [-0.1, -0.05) is 39.3 Å². The van der Waals surface area contributed by atoms with Crippen LogP contribution in [0.5, 0.6) is 0 Å². The summed E-state index contributed by atoms with van der Waals surface area (Å²) in [4.78, 5) is 35.8. The van der Waals surface area contributed by atoms with Gasteiger partial charge in [-0.05, 0) is 114 Å². The average Bonchev–Trinajstić information content (AvgIpc) is 0.829. The van der Waals surface area contributed by atoms with E-state index in [-0.39, 0.29) is 81.3 Å². The summed E-state index contributed by atoms with van der Waals surface area (Å²) in [5, 5.41) is 0. The van der Waals surface area contributed by atoms with Crippen LogP contribution in [0, 0.1) is 0 Å². The molecular formula is C46H121O36P7S6Si5. The molecule has 0 aliphatic rings. The predicted molar refractivity (Wildman–Crippen MR) is 408 cm³/mol. The number of ketones is 1. The highest BCUT2D eigenvalue weighted by atomic mass is 32.2. The summed E-state index contributed by atoms with van der Waals surface area (Å²) < 4.78 is 281. The van der Waals surface area contributed by atoms with Crippen molar-refractivity contribution in [2.75, 3.05) is 136 Å². The molecular weight excluding hydrogens is 1680 g/mol. The second-order valence-corrected chi connectivity index (χ2v) is 79.2. The monoisotopic (exact) mass is 1800 g/mol. The van der Waals surface area contributed by atoms with Crippen molar-refractivity contribution < 1.29 is 160 Å². The molecule has 0 radical (unpaired) electrons. The van der Waals surface area contributed by atoms with E-state index in [2.05, 4.69) is 4.18 Å². The van der Waals surface area contributed by atoms with Crippen molar-refractivity contribution in [2.45, 2.75) is 154 Å². The Balaban J connectivity index is -0.000000204. The number of carbonyl (C=O) groups excluding carboxylic acids is 1. The summed E-state index contributed by atoms with van der Waals surface area (Å²) in [6.07, 6.45) is 4.21. The summed E-state index contributed by atoms with van der Waals surface area (Å²) in [7, 11) is -56.5. The second kappa shape index (κ2) is 48.9. The Morgan fingerprint density at radius 3 is 0.870 bits per heavy atom. The van der Waals surface area contributed by atoms with E-state index in [1.165, 1.54) is 6.92 Å². The largest absolute Gasteiger partial charge is 0.351 e. The lowest BCUT2D eigenvalue weighted by molar-refractivity contribution is -0.115. The predicted octanol–water partition coefficient (Wildman–Crippen LogP) is 10.6. The van der Waals surface area contributed by atoms with Crippen LogP contribution in [0.2, 0.25) is 98.2 Å². The molecule has 0 amide bonds. The summed E-state index contributed by atoms with van der Waals surface area (Å²) in [5.41, 5.74) is -3.32. The van der Waals surface area contributed by atoms with Crippen LogP contribution in [0.15, 0.2) is 0 Å². The van der Waals surface area contributed by atoms with E-state index in [0.29, 0.717) is 13.2 Å². The normalized spacial score (nSPS) is 14.2. The van der Waals surface area contributed by atoms with Gasteiger partial charge in [0.25, 0.3) is 20.2 Å². The standard InChI is InChI=1S/C11H29O6PSSi2.C8H23O5PSSi2.C7H17O5PS.C7H15O4P.C6H17O5PSSi.C6H15O5PS.CH5O6PS/c1-8-17-19(13,14)11-18(12,15-9-20(2,3)4)16-10-21(5,6)7;1-15(10,11)8-14(9,12-16(2,3)4)13-17(5,6)7;1-4-11-13(8,12-5-2)6-7-14(3,9)10;1-4-10-12(9,11-5-2)6-7(3)8;1-13(9,10)6-5-12(7,8)11-14(2,3)4;1-4-10-12(7,11-5-2)6-13(3,8)9;2-8(3,4)1-9(5,6)7/h8-11H2,1-7H3;8H2,1-7H3;4-7H2,1-3H3;4-6H2,1-3H3;5-6H2,1-4H3,(H,7,8);4-6H2,1-3H3;1H2,(H2,2,3,4)(H,5,6,7). The zero-order valence-corrected chi connectivity index (χ0v) is 79.3. The third-order valence-corrected chi connectivity index (χ3v) is 42.6. The smallest absolute Gasteiger partial charge is 0.347 e. The van der Waals surface area contributed by atoms with Gasteiger partial charge in [0, 0.05) is 37.5 Å². The van der Waals surface area contributed by atoms with Crippen molar-refractivity contribution in [2.24, 2.45) is 0 Å². The number of carbonyl (C=O) groups is 1. The van der Waals surface area contributed by atoms with Crippen molar-refractivity contribution in [1.82, 2.24) is 0 Å². The Hall–Kier alpha value is 1.42. The second-order valence-electron chi connectivity index (χ2n) is 26.6. The fourth-order valence-corrected chi connectivity index (χ4v) is 40.5. The first-order valence-electron chi connectivity index (χ1n) is 30.2. The minimum absolute atomic E-state index is 0.00434. The van der Waals surface area contributed by atoms with E-state index in [0.717, 1.165) is 25.0 Å². The lowest BCUT2D eigenvalue weighted by Gasteiger charge is -2.30. The third-order valence-electron chi connectivity index (χ3n) is 8.21. The summed E-state index contributed by atoms with van der Waals surface area (Å²) >= 11 is 0. The Kier molecular flexibility index (Phi) is 56.1. The van der Waals surface area contributed by atoms with Crippen molar-refractivity contribution in [3.8, 4) is 0 Å². The van der Waals surface area contributed by atoms with E-state index in [4.69, 9.17) is 63.2 Å². The molecule has 0 aliphatic heterocycles. The lowest BCUT2D eigenvalue weighted by Crippen LogP contribution is -2.31. The number of hydrogen-bond donors (Lipinski definition) is 4. The molecule has 0 saturated heterocycles. The first kappa shape index (κ1) is 115. The van der Waals surface area contributed by atoms with E-state index >= 15 is 0 Å². The summed E-state index contributed by atoms with van der Waals surface area (Å²) in [6.45, 7) is 43.2. The van der Waals surface area contributed by atoms with Gasteiger partial charge in [0.15, 0.2) is 66.6 Å². The molecule has 0 rings (SSSR count). The molecule has 1 unspecified atom stereocenters. The zero-order chi connectivity index (χ0) is 81.8. The Morgan fingerprint density at radius 2 is 0.640 bits per heavy atom. The van der Waals surface area contributed by atoms with Gasteiger partial charge in [-0.2, -0.15) is 16.8 Å². The Bertz CT molecular complexity index is 3380. The molecule has 54 heteroatoms. The maximum atomic E-state index is 12.7. The third kappa shape index (κ3) is 88.3. The van der Waals surface area contributed by atoms with Crippen molar-refractivity contribution in [1.29, 1.82) is 0 Å².